The molecule has 1 aromatic carbocycles. The molecule has 0 aliphatic rings. The van der Waals surface area contributed by atoms with Crippen LogP contribution in [0.5, 0.6) is 5.75 Å². The molecule has 0 radical (unpaired) electrons. The molecule has 1 amide bonds. The van der Waals surface area contributed by atoms with Crippen LogP contribution in [-0.4, -0.2) is 29.0 Å². The third-order valence-corrected chi connectivity index (χ3v) is 4.35. The fraction of sp³-hybridized carbons (Fsp3) is 0.588. The topological polar surface area (TPSA) is 40.5 Å². The van der Waals surface area contributed by atoms with Gasteiger partial charge in [-0.2, -0.15) is 0 Å². The van der Waals surface area contributed by atoms with E-state index >= 15 is 0 Å². The predicted octanol–water partition coefficient (Wildman–Crippen LogP) is 4.53. The maximum absolute atomic E-state index is 12.6. The lowest BCUT2D eigenvalue weighted by atomic mass is 10.1. The fourth-order valence-corrected chi connectivity index (χ4v) is 2.31. The number of aromatic hydroxyl groups is 1. The summed E-state index contributed by atoms with van der Waals surface area (Å²) in [6.07, 6.45) is 2.00. The van der Waals surface area contributed by atoms with Crippen molar-refractivity contribution in [1.29, 1.82) is 0 Å². The van der Waals surface area contributed by atoms with Gasteiger partial charge in [-0.05, 0) is 65.5 Å². The molecular weight excluding hydrogens is 377 g/mol. The molecule has 0 saturated carbocycles. The van der Waals surface area contributed by atoms with Crippen LogP contribution in [-0.2, 0) is 0 Å². The van der Waals surface area contributed by atoms with E-state index in [0.717, 1.165) is 29.5 Å². The molecule has 0 saturated heterocycles. The Morgan fingerprint density at radius 1 is 1.14 bits per heavy atom. The smallest absolute Gasteiger partial charge is 0.253 e. The molecule has 0 spiro atoms. The number of nitrogens with zero attached hydrogens (tertiary/aromatic N) is 1. The monoisotopic (exact) mass is 403 g/mol. The zero-order valence-electron chi connectivity index (χ0n) is 13.4. The lowest BCUT2D eigenvalue weighted by Gasteiger charge is -2.24. The minimum Gasteiger partial charge on any atom is -0.507 e. The molecule has 0 atom stereocenters. The highest BCUT2D eigenvalue weighted by Crippen LogP contribution is 2.22. The van der Waals surface area contributed by atoms with Gasteiger partial charge < -0.3 is 10.0 Å². The number of phenols is 1. The molecule has 1 N–H and O–H groups in total. The lowest BCUT2D eigenvalue weighted by molar-refractivity contribution is 0.0740. The maximum Gasteiger partial charge on any atom is 0.253 e. The zero-order valence-corrected chi connectivity index (χ0v) is 15.6. The molecule has 1 aromatic rings. The van der Waals surface area contributed by atoms with Crippen molar-refractivity contribution in [3.05, 3.63) is 27.3 Å². The van der Waals surface area contributed by atoms with Crippen LogP contribution >= 0.6 is 22.6 Å². The van der Waals surface area contributed by atoms with E-state index in [1.165, 1.54) is 0 Å². The lowest BCUT2D eigenvalue weighted by Crippen LogP contribution is -2.34. The average molecular weight is 403 g/mol. The van der Waals surface area contributed by atoms with Gasteiger partial charge in [0.15, 0.2) is 0 Å². The van der Waals surface area contributed by atoms with E-state index < -0.39 is 0 Å². The SMILES string of the molecule is CC(C)CCN(CCC(C)C)C(=O)c1ccc(I)c(O)c1. The molecule has 0 bridgehead atoms. The van der Waals surface area contributed by atoms with E-state index in [1.807, 2.05) is 4.90 Å². The van der Waals surface area contributed by atoms with Gasteiger partial charge in [0.1, 0.15) is 5.75 Å². The highest BCUT2D eigenvalue weighted by molar-refractivity contribution is 14.1. The van der Waals surface area contributed by atoms with Gasteiger partial charge in [-0.25, -0.2) is 0 Å². The number of halogens is 1. The first-order valence-corrected chi connectivity index (χ1v) is 8.67. The largest absolute Gasteiger partial charge is 0.507 e. The number of phenolic OH excluding ortho intramolecular Hbond substituents is 1. The fourth-order valence-electron chi connectivity index (χ4n) is 1.97. The molecule has 0 aliphatic carbocycles. The quantitative estimate of drug-likeness (QED) is 0.680. The molecule has 0 fully saturated rings. The second-order valence-electron chi connectivity index (χ2n) is 6.32. The molecule has 3 nitrogen and oxygen atoms in total. The second-order valence-corrected chi connectivity index (χ2v) is 7.49. The number of amides is 1. The van der Waals surface area contributed by atoms with Crippen molar-refractivity contribution >= 4 is 28.5 Å². The van der Waals surface area contributed by atoms with E-state index in [2.05, 4.69) is 50.3 Å². The summed E-state index contributed by atoms with van der Waals surface area (Å²) in [5.74, 6) is 1.34. The summed E-state index contributed by atoms with van der Waals surface area (Å²) >= 11 is 2.06. The Morgan fingerprint density at radius 3 is 2.10 bits per heavy atom. The molecule has 0 heterocycles. The van der Waals surface area contributed by atoms with Crippen molar-refractivity contribution in [2.45, 2.75) is 40.5 Å². The molecule has 118 valence electrons. The van der Waals surface area contributed by atoms with E-state index in [1.54, 1.807) is 18.2 Å². The van der Waals surface area contributed by atoms with Crippen LogP contribution in [0.1, 0.15) is 50.9 Å². The van der Waals surface area contributed by atoms with Crippen LogP contribution in [0.2, 0.25) is 0 Å². The molecule has 0 aromatic heterocycles. The summed E-state index contributed by atoms with van der Waals surface area (Å²) < 4.78 is 0.764. The Balaban J connectivity index is 2.83. The zero-order chi connectivity index (χ0) is 16.0. The van der Waals surface area contributed by atoms with E-state index in [0.29, 0.717) is 17.4 Å². The molecular formula is C17H26INO2. The standard InChI is InChI=1S/C17H26INO2/c1-12(2)7-9-19(10-8-13(3)4)17(21)14-5-6-15(18)16(20)11-14/h5-6,11-13,20H,7-10H2,1-4H3. The Bertz CT molecular complexity index is 460. The molecule has 0 unspecified atom stereocenters. The predicted molar refractivity (Wildman–Crippen MR) is 95.6 cm³/mol. The molecule has 1 rings (SSSR count). The number of carbonyl (C=O) groups excluding carboxylic acids is 1. The van der Waals surface area contributed by atoms with E-state index in [-0.39, 0.29) is 11.7 Å². The van der Waals surface area contributed by atoms with Crippen LogP contribution in [0.3, 0.4) is 0 Å². The highest BCUT2D eigenvalue weighted by atomic mass is 127. The molecule has 0 aliphatic heterocycles. The Hall–Kier alpha value is -0.780. The first kappa shape index (κ1) is 18.3. The Labute approximate surface area is 141 Å². The summed E-state index contributed by atoms with van der Waals surface area (Å²) in [5.41, 5.74) is 0.570. The third-order valence-electron chi connectivity index (χ3n) is 3.43. The van der Waals surface area contributed by atoms with Gasteiger partial charge in [-0.3, -0.25) is 4.79 Å². The summed E-state index contributed by atoms with van der Waals surface area (Å²) in [6.45, 7) is 10.2. The van der Waals surface area contributed by atoms with E-state index in [9.17, 15) is 9.90 Å². The van der Waals surface area contributed by atoms with Crippen molar-refractivity contribution in [3.8, 4) is 5.75 Å². The number of rotatable bonds is 7. The normalized spacial score (nSPS) is 11.2. The van der Waals surface area contributed by atoms with Crippen LogP contribution in [0, 0.1) is 15.4 Å². The van der Waals surface area contributed by atoms with Crippen molar-refractivity contribution in [2.24, 2.45) is 11.8 Å². The van der Waals surface area contributed by atoms with Crippen molar-refractivity contribution in [2.75, 3.05) is 13.1 Å². The maximum atomic E-state index is 12.6. The van der Waals surface area contributed by atoms with Gasteiger partial charge in [0.05, 0.1) is 3.57 Å². The third kappa shape index (κ3) is 6.24. The van der Waals surface area contributed by atoms with E-state index in [4.69, 9.17) is 0 Å². The van der Waals surface area contributed by atoms with Crippen LogP contribution < -0.4 is 0 Å². The van der Waals surface area contributed by atoms with Gasteiger partial charge in [0.2, 0.25) is 0 Å². The van der Waals surface area contributed by atoms with Crippen molar-refractivity contribution in [3.63, 3.8) is 0 Å². The average Bonchev–Trinajstić information content (AvgIpc) is 2.40. The summed E-state index contributed by atoms with van der Waals surface area (Å²) in [5, 5.41) is 9.79. The van der Waals surface area contributed by atoms with Gasteiger partial charge in [-0.15, -0.1) is 0 Å². The first-order chi connectivity index (χ1) is 9.81. The van der Waals surface area contributed by atoms with Crippen molar-refractivity contribution in [1.82, 2.24) is 4.90 Å². The summed E-state index contributed by atoms with van der Waals surface area (Å²) in [7, 11) is 0. The highest BCUT2D eigenvalue weighted by Gasteiger charge is 2.17. The summed E-state index contributed by atoms with van der Waals surface area (Å²) in [6, 6.07) is 5.15. The van der Waals surface area contributed by atoms with Crippen LogP contribution in [0.4, 0.5) is 0 Å². The number of hydrogen-bond donors (Lipinski definition) is 1. The first-order valence-electron chi connectivity index (χ1n) is 7.59. The number of benzene rings is 1. The minimum absolute atomic E-state index is 0.0167. The Morgan fingerprint density at radius 2 is 1.67 bits per heavy atom. The molecule has 4 heteroatoms. The van der Waals surface area contributed by atoms with Crippen LogP contribution in [0.15, 0.2) is 18.2 Å². The molecule has 21 heavy (non-hydrogen) atoms. The van der Waals surface area contributed by atoms with Gasteiger partial charge in [0, 0.05) is 18.7 Å². The van der Waals surface area contributed by atoms with Crippen molar-refractivity contribution < 1.29 is 9.90 Å². The number of hydrogen-bond acceptors (Lipinski definition) is 2. The minimum atomic E-state index is 0.0167. The van der Waals surface area contributed by atoms with Crippen LogP contribution in [0.25, 0.3) is 0 Å². The Kier molecular flexibility index (Phi) is 7.49. The second kappa shape index (κ2) is 8.61. The van der Waals surface area contributed by atoms with Gasteiger partial charge in [0.25, 0.3) is 5.91 Å². The van der Waals surface area contributed by atoms with Gasteiger partial charge >= 0.3 is 0 Å². The number of carbonyl (C=O) groups is 1. The van der Waals surface area contributed by atoms with Gasteiger partial charge in [-0.1, -0.05) is 27.7 Å². The summed E-state index contributed by atoms with van der Waals surface area (Å²) in [4.78, 5) is 14.6.